The van der Waals surface area contributed by atoms with E-state index >= 15 is 0 Å². The van der Waals surface area contributed by atoms with Gasteiger partial charge in [0, 0.05) is 18.2 Å². The molecule has 0 saturated carbocycles. The second kappa shape index (κ2) is 6.17. The van der Waals surface area contributed by atoms with Crippen LogP contribution in [0.5, 0.6) is 17.2 Å². The fraction of sp³-hybridized carbons (Fsp3) is 0. The fourth-order valence-corrected chi connectivity index (χ4v) is 0.580. The third kappa shape index (κ3) is 4.95. The Morgan fingerprint density at radius 3 is 1.09 bits per heavy atom. The van der Waals surface area contributed by atoms with E-state index in [4.69, 9.17) is 15.3 Å². The Kier molecular flexibility index (Phi) is 7.94. The summed E-state index contributed by atoms with van der Waals surface area (Å²) in [5.74, 6) is -0.437. The van der Waals surface area contributed by atoms with E-state index in [-0.39, 0.29) is 79.2 Å². The van der Waals surface area contributed by atoms with Crippen LogP contribution in [0.1, 0.15) is 2.85 Å². The molecule has 0 bridgehead atoms. The van der Waals surface area contributed by atoms with Gasteiger partial charge in [-0.1, -0.05) is 0 Å². The number of aromatic hydroxyl groups is 3. The molecule has 3 nitrogen and oxygen atoms in total. The predicted molar refractivity (Wildman–Crippen MR) is 33.7 cm³/mol. The average molecular weight is 174 g/mol. The van der Waals surface area contributed by atoms with Crippen molar-refractivity contribution in [2.24, 2.45) is 0 Å². The largest absolute Gasteiger partial charge is 1.00 e. The van der Waals surface area contributed by atoms with Crippen LogP contribution in [-0.2, 0) is 0 Å². The first-order chi connectivity index (χ1) is 4.18. The van der Waals surface area contributed by atoms with Crippen LogP contribution < -0.4 is 59.1 Å². The van der Waals surface area contributed by atoms with Gasteiger partial charge < -0.3 is 18.2 Å². The van der Waals surface area contributed by atoms with Gasteiger partial charge in [-0.15, -0.1) is 0 Å². The predicted octanol–water partition coefficient (Wildman–Crippen LogP) is -4.96. The number of phenolic OH excluding ortho intramolecular Hbond substituents is 3. The molecule has 0 fully saturated rings. The first-order valence-electron chi connectivity index (χ1n) is 2.40. The standard InChI is InChI=1S/C6H6O3.2Na.2H/c7-4-1-5(8)3-6(9)2-4;;;;/h1-3,7-9H;;;;/q;2*+1;2*-1. The molecule has 0 aliphatic carbocycles. The second-order valence-electron chi connectivity index (χ2n) is 1.71. The van der Waals surface area contributed by atoms with Gasteiger partial charge in [0.2, 0.25) is 0 Å². The molecule has 5 heteroatoms. The van der Waals surface area contributed by atoms with Gasteiger partial charge in [0.05, 0.1) is 0 Å². The Bertz CT molecular complexity index is 185. The summed E-state index contributed by atoms with van der Waals surface area (Å²) >= 11 is 0. The van der Waals surface area contributed by atoms with E-state index in [2.05, 4.69) is 0 Å². The molecule has 0 unspecified atom stereocenters. The second-order valence-corrected chi connectivity index (χ2v) is 1.71. The molecule has 1 rings (SSSR count). The van der Waals surface area contributed by atoms with Crippen molar-refractivity contribution in [1.82, 2.24) is 0 Å². The van der Waals surface area contributed by atoms with Crippen molar-refractivity contribution in [3.05, 3.63) is 18.2 Å². The molecule has 0 atom stereocenters. The molecule has 52 valence electrons. The van der Waals surface area contributed by atoms with E-state index in [1.807, 2.05) is 0 Å². The summed E-state index contributed by atoms with van der Waals surface area (Å²) in [5.41, 5.74) is 0. The molecule has 0 aliphatic rings. The smallest absolute Gasteiger partial charge is 1.00 e. The van der Waals surface area contributed by atoms with Crippen LogP contribution in [0, 0.1) is 0 Å². The summed E-state index contributed by atoms with van der Waals surface area (Å²) in [4.78, 5) is 0. The van der Waals surface area contributed by atoms with Crippen molar-refractivity contribution in [3.63, 3.8) is 0 Å². The number of rotatable bonds is 0. The number of hydrogen-bond acceptors (Lipinski definition) is 3. The maximum Gasteiger partial charge on any atom is 1.00 e. The zero-order chi connectivity index (χ0) is 6.85. The molecule has 0 aromatic heterocycles. The van der Waals surface area contributed by atoms with Crippen LogP contribution >= 0.6 is 0 Å². The fourth-order valence-electron chi connectivity index (χ4n) is 0.580. The third-order valence-corrected chi connectivity index (χ3v) is 0.887. The Morgan fingerprint density at radius 1 is 0.727 bits per heavy atom. The average Bonchev–Trinajstić information content (AvgIpc) is 1.59. The van der Waals surface area contributed by atoms with E-state index < -0.39 is 0 Å². The summed E-state index contributed by atoms with van der Waals surface area (Å²) in [5, 5.41) is 26.0. The van der Waals surface area contributed by atoms with E-state index in [9.17, 15) is 0 Å². The molecule has 1 aromatic rings. The minimum atomic E-state index is -0.146. The van der Waals surface area contributed by atoms with Crippen LogP contribution in [0.15, 0.2) is 18.2 Å². The topological polar surface area (TPSA) is 60.7 Å². The summed E-state index contributed by atoms with van der Waals surface area (Å²) in [6.07, 6.45) is 0. The van der Waals surface area contributed by atoms with Gasteiger partial charge in [0.1, 0.15) is 17.2 Å². The van der Waals surface area contributed by atoms with Crippen molar-refractivity contribution in [2.45, 2.75) is 0 Å². The normalized spacial score (nSPS) is 7.64. The number of benzene rings is 1. The van der Waals surface area contributed by atoms with Gasteiger partial charge in [0.15, 0.2) is 0 Å². The van der Waals surface area contributed by atoms with Gasteiger partial charge in [-0.05, 0) is 0 Å². The minimum absolute atomic E-state index is 0. The number of phenols is 3. The Labute approximate surface area is 112 Å². The van der Waals surface area contributed by atoms with Gasteiger partial charge in [-0.25, -0.2) is 0 Å². The van der Waals surface area contributed by atoms with Crippen molar-refractivity contribution in [3.8, 4) is 17.2 Å². The quantitative estimate of drug-likeness (QED) is 0.345. The van der Waals surface area contributed by atoms with Crippen molar-refractivity contribution in [1.29, 1.82) is 0 Å². The molecule has 0 saturated heterocycles. The van der Waals surface area contributed by atoms with Crippen LogP contribution in [0.4, 0.5) is 0 Å². The summed E-state index contributed by atoms with van der Waals surface area (Å²) in [6.45, 7) is 0. The van der Waals surface area contributed by atoms with Crippen molar-refractivity contribution < 1.29 is 77.3 Å². The van der Waals surface area contributed by atoms with Crippen LogP contribution in [0.25, 0.3) is 0 Å². The Hall–Kier alpha value is 0.620. The molecule has 3 N–H and O–H groups in total. The van der Waals surface area contributed by atoms with Gasteiger partial charge in [0.25, 0.3) is 0 Å². The first kappa shape index (κ1) is 14.2. The van der Waals surface area contributed by atoms with Gasteiger partial charge in [-0.2, -0.15) is 0 Å². The molecule has 0 spiro atoms. The first-order valence-corrected chi connectivity index (χ1v) is 2.40. The summed E-state index contributed by atoms with van der Waals surface area (Å²) in [7, 11) is 0. The van der Waals surface area contributed by atoms with E-state index in [1.54, 1.807) is 0 Å². The van der Waals surface area contributed by atoms with E-state index in [0.717, 1.165) is 18.2 Å². The van der Waals surface area contributed by atoms with Crippen LogP contribution in [0.3, 0.4) is 0 Å². The molecule has 11 heavy (non-hydrogen) atoms. The van der Waals surface area contributed by atoms with Gasteiger partial charge in [-0.3, -0.25) is 0 Å². The molecule has 0 aliphatic heterocycles. The van der Waals surface area contributed by atoms with Crippen molar-refractivity contribution >= 4 is 0 Å². The molecule has 1 aromatic carbocycles. The molecular formula is C6H8Na2O3. The van der Waals surface area contributed by atoms with Crippen LogP contribution in [-0.4, -0.2) is 15.3 Å². The SMILES string of the molecule is Oc1cc(O)cc(O)c1.[H-].[H-].[Na+].[Na+]. The van der Waals surface area contributed by atoms with Gasteiger partial charge >= 0.3 is 59.1 Å². The maximum atomic E-state index is 8.67. The Morgan fingerprint density at radius 2 is 0.909 bits per heavy atom. The third-order valence-electron chi connectivity index (χ3n) is 0.887. The zero-order valence-electron chi connectivity index (χ0n) is 8.57. The molecule has 0 radical (unpaired) electrons. The van der Waals surface area contributed by atoms with E-state index in [1.165, 1.54) is 0 Å². The number of hydrogen-bond donors (Lipinski definition) is 3. The van der Waals surface area contributed by atoms with Crippen molar-refractivity contribution in [2.75, 3.05) is 0 Å². The zero-order valence-corrected chi connectivity index (χ0v) is 10.6. The molecule has 0 amide bonds. The Balaban J connectivity index is -0.000000101. The minimum Gasteiger partial charge on any atom is -1.00 e. The van der Waals surface area contributed by atoms with Crippen LogP contribution in [0.2, 0.25) is 0 Å². The molecule has 0 heterocycles. The van der Waals surface area contributed by atoms with E-state index in [0.29, 0.717) is 0 Å². The summed E-state index contributed by atoms with van der Waals surface area (Å²) in [6, 6.07) is 3.42. The maximum absolute atomic E-state index is 8.67. The molecular weight excluding hydrogens is 166 g/mol. The summed E-state index contributed by atoms with van der Waals surface area (Å²) < 4.78 is 0. The monoisotopic (exact) mass is 174 g/mol.